The van der Waals surface area contributed by atoms with Gasteiger partial charge in [-0.3, -0.25) is 9.69 Å². The molecule has 1 saturated heterocycles. The fourth-order valence-electron chi connectivity index (χ4n) is 4.58. The highest BCUT2D eigenvalue weighted by Crippen LogP contribution is 2.37. The van der Waals surface area contributed by atoms with E-state index in [1.807, 2.05) is 12.1 Å². The van der Waals surface area contributed by atoms with Gasteiger partial charge in [0.2, 0.25) is 5.91 Å². The number of pyridine rings is 1. The third kappa shape index (κ3) is 5.21. The van der Waals surface area contributed by atoms with E-state index in [0.29, 0.717) is 31.7 Å². The number of aromatic nitrogens is 1. The predicted molar refractivity (Wildman–Crippen MR) is 125 cm³/mol. The second-order valence-electron chi connectivity index (χ2n) is 9.76. The highest BCUT2D eigenvalue weighted by atomic mass is 16.5. The third-order valence-electron chi connectivity index (χ3n) is 6.37. The number of hydrogen-bond acceptors (Lipinski definition) is 7. The number of piperazine rings is 1. The molecule has 0 spiro atoms. The lowest BCUT2D eigenvalue weighted by Crippen LogP contribution is -2.50. The minimum Gasteiger partial charge on any atom is -0.467 e. The summed E-state index contributed by atoms with van der Waals surface area (Å²) in [6, 6.07) is 6.10. The number of hydrogen-bond donors (Lipinski definition) is 1. The molecule has 0 atom stereocenters. The Hall–Kier alpha value is -2.89. The SMILES string of the molecule is CC(C)c1nc(N2CCN(CC(=O)NCc3ccco3)CC2)c(C#N)c2c1COC(C)(C)C2. The van der Waals surface area contributed by atoms with Crippen LogP contribution in [0.1, 0.15) is 61.8 Å². The molecule has 2 aromatic rings. The van der Waals surface area contributed by atoms with E-state index >= 15 is 0 Å². The number of nitrogens with zero attached hydrogens (tertiary/aromatic N) is 4. The van der Waals surface area contributed by atoms with Crippen LogP contribution in [0.3, 0.4) is 0 Å². The zero-order valence-electron chi connectivity index (χ0n) is 20.0. The summed E-state index contributed by atoms with van der Waals surface area (Å²) in [5.41, 5.74) is 3.57. The number of amides is 1. The van der Waals surface area contributed by atoms with Crippen LogP contribution in [0.4, 0.5) is 5.82 Å². The summed E-state index contributed by atoms with van der Waals surface area (Å²) in [5.74, 6) is 1.74. The average Bonchev–Trinajstić information content (AvgIpc) is 3.30. The molecule has 0 unspecified atom stereocenters. The average molecular weight is 452 g/mol. The molecule has 8 heteroatoms. The van der Waals surface area contributed by atoms with E-state index in [9.17, 15) is 10.1 Å². The fourth-order valence-corrected chi connectivity index (χ4v) is 4.58. The first-order valence-corrected chi connectivity index (χ1v) is 11.6. The Morgan fingerprint density at radius 1 is 1.27 bits per heavy atom. The van der Waals surface area contributed by atoms with Crippen LogP contribution in [0.25, 0.3) is 0 Å². The van der Waals surface area contributed by atoms with Gasteiger partial charge in [0.25, 0.3) is 0 Å². The molecule has 4 rings (SSSR count). The third-order valence-corrected chi connectivity index (χ3v) is 6.37. The van der Waals surface area contributed by atoms with Gasteiger partial charge in [-0.1, -0.05) is 13.8 Å². The zero-order chi connectivity index (χ0) is 23.6. The monoisotopic (exact) mass is 451 g/mol. The summed E-state index contributed by atoms with van der Waals surface area (Å²) in [7, 11) is 0. The van der Waals surface area contributed by atoms with Crippen LogP contribution in [0.15, 0.2) is 22.8 Å². The molecule has 0 aliphatic carbocycles. The fraction of sp³-hybridized carbons (Fsp3) is 0.560. The molecule has 0 bridgehead atoms. The number of carbonyl (C=O) groups is 1. The van der Waals surface area contributed by atoms with Gasteiger partial charge in [-0.05, 0) is 37.5 Å². The summed E-state index contributed by atoms with van der Waals surface area (Å²) < 4.78 is 11.3. The van der Waals surface area contributed by atoms with Crippen LogP contribution in [0, 0.1) is 11.3 Å². The lowest BCUT2D eigenvalue weighted by atomic mass is 9.86. The standard InChI is InChI=1S/C25H33N5O3/c1-17(2)23-21-16-33-25(3,4)12-19(21)20(13-26)24(28-23)30-9-7-29(8-10-30)15-22(31)27-14-18-6-5-11-32-18/h5-6,11,17H,7-10,12,14-16H2,1-4H3,(H,27,31). The Balaban J connectivity index is 1.46. The molecule has 1 amide bonds. The van der Waals surface area contributed by atoms with E-state index in [2.05, 4.69) is 48.9 Å². The first kappa shape index (κ1) is 23.3. The van der Waals surface area contributed by atoms with Gasteiger partial charge >= 0.3 is 0 Å². The molecule has 2 aliphatic heterocycles. The number of ether oxygens (including phenoxy) is 1. The summed E-state index contributed by atoms with van der Waals surface area (Å²) in [6.45, 7) is 12.6. The molecule has 2 aromatic heterocycles. The Morgan fingerprint density at radius 3 is 2.67 bits per heavy atom. The first-order valence-electron chi connectivity index (χ1n) is 11.6. The zero-order valence-corrected chi connectivity index (χ0v) is 20.0. The predicted octanol–water partition coefficient (Wildman–Crippen LogP) is 2.96. The molecule has 0 aromatic carbocycles. The molecular formula is C25H33N5O3. The number of nitrogens with one attached hydrogen (secondary N) is 1. The maximum absolute atomic E-state index is 12.3. The van der Waals surface area contributed by atoms with Crippen LogP contribution >= 0.6 is 0 Å². The Bertz CT molecular complexity index is 1030. The van der Waals surface area contributed by atoms with Gasteiger partial charge in [0, 0.05) is 38.2 Å². The van der Waals surface area contributed by atoms with Gasteiger partial charge in [0.1, 0.15) is 17.6 Å². The van der Waals surface area contributed by atoms with E-state index in [0.717, 1.165) is 54.6 Å². The Labute approximate surface area is 195 Å². The summed E-state index contributed by atoms with van der Waals surface area (Å²) in [5, 5.41) is 13.0. The van der Waals surface area contributed by atoms with E-state index in [1.165, 1.54) is 0 Å². The van der Waals surface area contributed by atoms with Crippen molar-refractivity contribution in [3.05, 3.63) is 46.5 Å². The minimum absolute atomic E-state index is 0.0196. The number of carbonyl (C=O) groups excluding carboxylic acids is 1. The maximum Gasteiger partial charge on any atom is 0.234 e. The van der Waals surface area contributed by atoms with Gasteiger partial charge in [-0.25, -0.2) is 4.98 Å². The second kappa shape index (κ2) is 9.54. The Kier molecular flexibility index (Phi) is 6.73. The first-order chi connectivity index (χ1) is 15.8. The minimum atomic E-state index is -0.298. The van der Waals surface area contributed by atoms with Crippen LogP contribution in [-0.2, 0) is 29.1 Å². The Morgan fingerprint density at radius 2 is 2.03 bits per heavy atom. The lowest BCUT2D eigenvalue weighted by Gasteiger charge is -2.38. The largest absolute Gasteiger partial charge is 0.467 e. The number of rotatable bonds is 6. The molecule has 2 aliphatic rings. The normalized spacial score (nSPS) is 18.1. The van der Waals surface area contributed by atoms with E-state index < -0.39 is 0 Å². The van der Waals surface area contributed by atoms with E-state index in [-0.39, 0.29) is 17.4 Å². The smallest absolute Gasteiger partial charge is 0.234 e. The van der Waals surface area contributed by atoms with Crippen LogP contribution < -0.4 is 10.2 Å². The van der Waals surface area contributed by atoms with Crippen molar-refractivity contribution in [2.24, 2.45) is 0 Å². The molecule has 1 N–H and O–H groups in total. The summed E-state index contributed by atoms with van der Waals surface area (Å²) in [6.07, 6.45) is 2.31. The molecule has 8 nitrogen and oxygen atoms in total. The molecular weight excluding hydrogens is 418 g/mol. The van der Waals surface area contributed by atoms with Gasteiger partial charge in [-0.2, -0.15) is 5.26 Å². The number of furan rings is 1. The van der Waals surface area contributed by atoms with Crippen molar-refractivity contribution >= 4 is 11.7 Å². The maximum atomic E-state index is 12.3. The number of fused-ring (bicyclic) bond motifs is 1. The van der Waals surface area contributed by atoms with Crippen molar-refractivity contribution in [1.82, 2.24) is 15.2 Å². The van der Waals surface area contributed by atoms with Crippen LogP contribution in [0.2, 0.25) is 0 Å². The topological polar surface area (TPSA) is 94.6 Å². The van der Waals surface area contributed by atoms with Crippen molar-refractivity contribution in [1.29, 1.82) is 5.26 Å². The summed E-state index contributed by atoms with van der Waals surface area (Å²) in [4.78, 5) is 21.6. The van der Waals surface area contributed by atoms with Gasteiger partial charge in [-0.15, -0.1) is 0 Å². The molecule has 4 heterocycles. The van der Waals surface area contributed by atoms with E-state index in [4.69, 9.17) is 14.1 Å². The van der Waals surface area contributed by atoms with Crippen molar-refractivity contribution in [2.45, 2.75) is 58.8 Å². The van der Waals surface area contributed by atoms with E-state index in [1.54, 1.807) is 6.26 Å². The number of anilines is 1. The molecule has 0 radical (unpaired) electrons. The van der Waals surface area contributed by atoms with Crippen molar-refractivity contribution in [3.63, 3.8) is 0 Å². The van der Waals surface area contributed by atoms with Crippen molar-refractivity contribution < 1.29 is 13.9 Å². The highest BCUT2D eigenvalue weighted by molar-refractivity contribution is 5.78. The second-order valence-corrected chi connectivity index (χ2v) is 9.76. The van der Waals surface area contributed by atoms with Gasteiger partial charge in [0.05, 0.1) is 42.8 Å². The highest BCUT2D eigenvalue weighted by Gasteiger charge is 2.34. The van der Waals surface area contributed by atoms with Gasteiger partial charge < -0.3 is 19.4 Å². The van der Waals surface area contributed by atoms with Crippen molar-refractivity contribution in [3.8, 4) is 6.07 Å². The molecule has 1 fully saturated rings. The molecule has 0 saturated carbocycles. The van der Waals surface area contributed by atoms with Crippen LogP contribution in [0.5, 0.6) is 0 Å². The quantitative estimate of drug-likeness (QED) is 0.721. The molecule has 176 valence electrons. The molecule has 33 heavy (non-hydrogen) atoms. The van der Waals surface area contributed by atoms with Crippen LogP contribution in [-0.4, -0.2) is 54.1 Å². The van der Waals surface area contributed by atoms with Gasteiger partial charge in [0.15, 0.2) is 0 Å². The lowest BCUT2D eigenvalue weighted by molar-refractivity contribution is -0.122. The summed E-state index contributed by atoms with van der Waals surface area (Å²) >= 11 is 0. The number of nitriles is 1. The van der Waals surface area contributed by atoms with Crippen molar-refractivity contribution in [2.75, 3.05) is 37.6 Å².